The van der Waals surface area contributed by atoms with Crippen molar-refractivity contribution in [3.63, 3.8) is 0 Å². The molecule has 3 aromatic carbocycles. The number of carboxylic acids is 3. The molecule has 32 heteroatoms. The first-order chi connectivity index (χ1) is 46.7. The molecule has 0 radical (unpaired) electrons. The lowest BCUT2D eigenvalue weighted by Gasteiger charge is -2.32. The number of phenols is 1. The predicted octanol–water partition coefficient (Wildman–Crippen LogP) is -1.75. The quantitative estimate of drug-likeness (QED) is 0.0172. The van der Waals surface area contributed by atoms with E-state index >= 15 is 0 Å². The lowest BCUT2D eigenvalue weighted by molar-refractivity contribution is -0.140. The number of carbonyl (C=O) groups excluding carboxylic acids is 7. The van der Waals surface area contributed by atoms with Crippen molar-refractivity contribution in [2.45, 2.75) is 82.8 Å². The molecule has 0 aromatic heterocycles. The normalized spacial score (nSPS) is 14.9. The Hall–Kier alpha value is -9.66. The number of benzene rings is 3. The van der Waals surface area contributed by atoms with E-state index in [4.69, 9.17) is 25.9 Å². The number of nitrogens with one attached hydrogen (secondary N) is 10. The molecule has 94 heavy (non-hydrogen) atoms. The molecule has 0 bridgehead atoms. The summed E-state index contributed by atoms with van der Waals surface area (Å²) in [6, 6.07) is 19.5. The van der Waals surface area contributed by atoms with Crippen LogP contribution in [0, 0.1) is 5.41 Å². The molecule has 32 nitrogen and oxygen atoms in total. The first-order valence-corrected chi connectivity index (χ1v) is 31.2. The zero-order valence-corrected chi connectivity index (χ0v) is 53.1. The van der Waals surface area contributed by atoms with Gasteiger partial charge in [0.2, 0.25) is 35.4 Å². The van der Waals surface area contributed by atoms with Gasteiger partial charge in [-0.25, -0.2) is 4.79 Å². The summed E-state index contributed by atoms with van der Waals surface area (Å²) in [5, 5.41) is 54.5. The van der Waals surface area contributed by atoms with Gasteiger partial charge in [-0.2, -0.15) is 4.99 Å². The molecule has 18 N–H and O–H groups in total. The Labute approximate surface area is 550 Å². The van der Waals surface area contributed by atoms with Gasteiger partial charge in [-0.15, -0.1) is 0 Å². The molecule has 3 atom stereocenters. The Morgan fingerprint density at radius 3 is 1.67 bits per heavy atom. The number of aromatic hydroxyl groups is 1. The van der Waals surface area contributed by atoms with E-state index in [0.29, 0.717) is 54.5 Å². The molecule has 3 aromatic rings. The Kier molecular flexibility index (Phi) is 33.0. The molecule has 1 unspecified atom stereocenters. The monoisotopic (exact) mass is 1320 g/mol. The van der Waals surface area contributed by atoms with Crippen molar-refractivity contribution in [2.24, 2.45) is 16.5 Å². The number of urea groups is 1. The number of phenolic OH excluding ortho intramolecular Hbond substituents is 1. The van der Waals surface area contributed by atoms with Crippen LogP contribution in [0.4, 0.5) is 4.79 Å². The smallest absolute Gasteiger partial charge is 0.344 e. The topological polar surface area (TPSA) is 470 Å². The summed E-state index contributed by atoms with van der Waals surface area (Å²) in [7, 11) is 0. The number of aliphatic imine (C=N–C) groups is 1. The van der Waals surface area contributed by atoms with E-state index in [9.17, 15) is 53.1 Å². The number of rotatable bonds is 38. The van der Waals surface area contributed by atoms with E-state index in [2.05, 4.69) is 68.2 Å². The van der Waals surface area contributed by atoms with Gasteiger partial charge in [0.05, 0.1) is 38.7 Å². The SMILES string of the molecule is [2H]OC(=O)CN1CCN(CC(=O)NCCC(=O)N[C@H](CCCNC(=N)N)C(=O)NCCCCOc2cccc(C(C(=O)N[C@H](CCCN/C(N)=N\C(=O)NCCNC(=O)CC)C(=O)NCc3ccc(O)cc3)c3ccccc3)c2)CCN(CC(=O)O[2H])CCN(CC(=O)O[2H])CC1. The number of amides is 8. The predicted molar refractivity (Wildman–Crippen MR) is 347 cm³/mol. The molecule has 516 valence electrons. The maximum Gasteiger partial charge on any atom is 0.344 e. The molecular weight excluding hydrogens is 1220 g/mol. The maximum atomic E-state index is 14.6. The number of aliphatic carboxylic acids is 3. The van der Waals surface area contributed by atoms with E-state index in [1.807, 2.05) is 6.07 Å². The van der Waals surface area contributed by atoms with Crippen molar-refractivity contribution in [3.05, 3.63) is 95.6 Å². The molecule has 1 aliphatic rings. The minimum Gasteiger partial charge on any atom is -0.508 e. The Bertz CT molecular complexity index is 3000. The largest absolute Gasteiger partial charge is 0.508 e. The summed E-state index contributed by atoms with van der Waals surface area (Å²) in [4.78, 5) is 139. The minimum atomic E-state index is -1.04. The molecule has 1 fully saturated rings. The van der Waals surface area contributed by atoms with E-state index in [1.54, 1.807) is 87.2 Å². The molecule has 4 rings (SSSR count). The van der Waals surface area contributed by atoms with Gasteiger partial charge >= 0.3 is 23.9 Å². The number of carbonyl (C=O) groups is 10. The highest BCUT2D eigenvalue weighted by molar-refractivity contribution is 5.93. The summed E-state index contributed by atoms with van der Waals surface area (Å²) in [5.41, 5.74) is 13.3. The maximum absolute atomic E-state index is 14.6. The second kappa shape index (κ2) is 43.2. The van der Waals surface area contributed by atoms with Gasteiger partial charge in [-0.3, -0.25) is 68.2 Å². The van der Waals surface area contributed by atoms with Crippen LogP contribution in [0.3, 0.4) is 0 Å². The third kappa shape index (κ3) is 32.6. The van der Waals surface area contributed by atoms with Crippen molar-refractivity contribution >= 4 is 71.3 Å². The highest BCUT2D eigenvalue weighted by atomic mass is 16.5. The summed E-state index contributed by atoms with van der Waals surface area (Å²) < 4.78 is 27.3. The van der Waals surface area contributed by atoms with E-state index < -0.39 is 71.5 Å². The first kappa shape index (κ1) is 71.8. The Morgan fingerprint density at radius 1 is 0.553 bits per heavy atom. The average Bonchev–Trinajstić information content (AvgIpc) is 0.836. The van der Waals surface area contributed by atoms with Crippen LogP contribution in [0.25, 0.3) is 4.29 Å². The van der Waals surface area contributed by atoms with E-state index in [-0.39, 0.29) is 174 Å². The Morgan fingerprint density at radius 2 is 1.09 bits per heavy atom. The number of carboxylic acid groups (broad SMARTS) is 3. The molecule has 1 aliphatic heterocycles. The fourth-order valence-electron chi connectivity index (χ4n) is 9.73. The van der Waals surface area contributed by atoms with Crippen LogP contribution in [0.5, 0.6) is 11.5 Å². The third-order valence-corrected chi connectivity index (χ3v) is 14.7. The summed E-state index contributed by atoms with van der Waals surface area (Å²) in [6.45, 7) is 3.63. The molecule has 0 saturated carbocycles. The van der Waals surface area contributed by atoms with Crippen molar-refractivity contribution in [2.75, 3.05) is 124 Å². The lowest BCUT2D eigenvalue weighted by atomic mass is 9.90. The number of ether oxygens (including phenoxy) is 1. The van der Waals surface area contributed by atoms with Crippen LogP contribution in [-0.2, 0) is 49.7 Å². The molecule has 8 amide bonds. The summed E-state index contributed by atoms with van der Waals surface area (Å²) >= 11 is 0. The zero-order chi connectivity index (χ0) is 70.7. The minimum absolute atomic E-state index is 0.0582. The molecule has 0 aliphatic carbocycles. The highest BCUT2D eigenvalue weighted by Gasteiger charge is 2.29. The highest BCUT2D eigenvalue weighted by Crippen LogP contribution is 2.28. The van der Waals surface area contributed by atoms with E-state index in [1.165, 1.54) is 12.1 Å². The van der Waals surface area contributed by atoms with Crippen molar-refractivity contribution < 1.29 is 73.1 Å². The molecular formula is C62H93N17O15. The number of hydrogen-bond acceptors (Lipinski definition) is 20. The van der Waals surface area contributed by atoms with Gasteiger partial charge < -0.3 is 84.5 Å². The van der Waals surface area contributed by atoms with Gasteiger partial charge in [-0.1, -0.05) is 61.5 Å². The van der Waals surface area contributed by atoms with Crippen LogP contribution in [-0.4, -0.2) is 248 Å². The van der Waals surface area contributed by atoms with Crippen LogP contribution in [0.2, 0.25) is 0 Å². The van der Waals surface area contributed by atoms with Crippen LogP contribution >= 0.6 is 0 Å². The lowest BCUT2D eigenvalue weighted by Crippen LogP contribution is -2.50. The summed E-state index contributed by atoms with van der Waals surface area (Å²) in [5.74, 6) is -5.91. The van der Waals surface area contributed by atoms with Gasteiger partial charge in [0.25, 0.3) is 4.29 Å². The van der Waals surface area contributed by atoms with Gasteiger partial charge in [0.1, 0.15) is 23.6 Å². The number of guanidine groups is 2. The number of unbranched alkanes of at least 4 members (excludes halogenated alkanes) is 1. The van der Waals surface area contributed by atoms with Gasteiger partial charge in [0.15, 0.2) is 11.9 Å². The second-order valence-corrected chi connectivity index (χ2v) is 22.1. The van der Waals surface area contributed by atoms with Crippen molar-refractivity contribution in [3.8, 4) is 11.5 Å². The van der Waals surface area contributed by atoms with Crippen LogP contribution in [0.1, 0.15) is 80.9 Å². The fourth-order valence-corrected chi connectivity index (χ4v) is 9.73. The average molecular weight is 1320 g/mol. The van der Waals surface area contributed by atoms with Crippen LogP contribution < -0.4 is 64.1 Å². The third-order valence-electron chi connectivity index (χ3n) is 14.7. The number of nitrogens with zero attached hydrogens (tertiary/aromatic N) is 5. The molecule has 0 spiro atoms. The van der Waals surface area contributed by atoms with Crippen molar-refractivity contribution in [1.82, 2.24) is 67.5 Å². The standard InChI is InChI=1S/C62H93N17O15/c1-2-50(81)67-26-27-71-62(93)75-61(65)70-24-10-16-49(58(91)72-38-43-17-19-46(80)20-18-43)74-59(92)56(44-11-4-3-5-12-44)45-13-8-14-47(37-45)94-36-7-6-22-68-57(90)48(15-9-23-69-60(63)64)73-51(82)21-25-66-52(83)39-76-28-30-77(40-53(84)85)32-34-79(42-55(88)89)35-33-78(31-29-76)41-54(86)87/h3-5,8,11-14,17-20,37,48-49,56,80H,2,6-7,9-10,15-16,21-36,38-42H2,1H3,(H,66,83)(H,67,81)(H,68,90)(H,72,91)(H,73,82)(H,74,92)(H,84,85)(H,86,87)(H,88,89)(H4,63,64,69)(H4,65,70,71,75,93)/t48-,49-,56?/m1/s1/i/hD3. The van der Waals surface area contributed by atoms with Gasteiger partial charge in [-0.05, 0) is 79.5 Å². The van der Waals surface area contributed by atoms with Gasteiger partial charge in [0, 0.05) is 111 Å². The molecule has 1 saturated heterocycles. The van der Waals surface area contributed by atoms with E-state index in [0.717, 1.165) is 0 Å². The first-order valence-electron chi connectivity index (χ1n) is 32.5. The van der Waals surface area contributed by atoms with Crippen LogP contribution in [0.15, 0.2) is 83.9 Å². The zero-order valence-electron chi connectivity index (χ0n) is 56.1. The second-order valence-electron chi connectivity index (χ2n) is 22.1. The number of nitrogens with two attached hydrogens (primary N) is 2. The number of hydrogen-bond donors (Lipinski definition) is 16. The fraction of sp³-hybridized carbons (Fsp3) is 0.516. The Balaban J connectivity index is 1.34. The summed E-state index contributed by atoms with van der Waals surface area (Å²) in [6.07, 6.45) is 2.02. The van der Waals surface area contributed by atoms with Crippen molar-refractivity contribution in [1.29, 1.82) is 9.70 Å². The molecule has 1 heterocycles.